The average Bonchev–Trinajstić information content (AvgIpc) is 2.78. The van der Waals surface area contributed by atoms with E-state index in [0.29, 0.717) is 0 Å². The lowest BCUT2D eigenvalue weighted by atomic mass is 10.00. The number of guanidine groups is 1. The molecular weight excluding hydrogens is 353 g/mol. The highest BCUT2D eigenvalue weighted by molar-refractivity contribution is 14.0. The van der Waals surface area contributed by atoms with E-state index in [0.717, 1.165) is 31.5 Å². The van der Waals surface area contributed by atoms with Crippen molar-refractivity contribution in [1.29, 1.82) is 0 Å². The van der Waals surface area contributed by atoms with Gasteiger partial charge in [0, 0.05) is 45.5 Å². The summed E-state index contributed by atoms with van der Waals surface area (Å²) in [5.74, 6) is 1.85. The molecule has 2 rings (SSSR count). The highest BCUT2D eigenvalue weighted by atomic mass is 127. The summed E-state index contributed by atoms with van der Waals surface area (Å²) in [5, 5.41) is 7.57. The summed E-state index contributed by atoms with van der Waals surface area (Å²) < 4.78 is 1.82. The summed E-state index contributed by atoms with van der Waals surface area (Å²) in [7, 11) is 3.79. The van der Waals surface area contributed by atoms with Crippen LogP contribution in [0.25, 0.3) is 0 Å². The van der Waals surface area contributed by atoms with Crippen LogP contribution >= 0.6 is 24.0 Å². The van der Waals surface area contributed by atoms with Gasteiger partial charge in [-0.25, -0.2) is 0 Å². The molecule has 1 fully saturated rings. The molecule has 0 amide bonds. The number of likely N-dealkylation sites (tertiary alicyclic amines) is 1. The second kappa shape index (κ2) is 7.72. The molecule has 5 nitrogen and oxygen atoms in total. The Hall–Kier alpha value is -0.790. The van der Waals surface area contributed by atoms with Crippen LogP contribution in [-0.2, 0) is 13.6 Å². The molecule has 0 atom stereocenters. The molecule has 0 spiro atoms. The third-order valence-electron chi connectivity index (χ3n) is 3.50. The first-order chi connectivity index (χ1) is 8.69. The molecule has 0 bridgehead atoms. The fraction of sp³-hybridized carbons (Fsp3) is 0.692. The van der Waals surface area contributed by atoms with Gasteiger partial charge in [-0.15, -0.1) is 24.0 Å². The van der Waals surface area contributed by atoms with Gasteiger partial charge in [-0.3, -0.25) is 9.67 Å². The minimum atomic E-state index is 0. The van der Waals surface area contributed by atoms with Crippen LogP contribution < -0.4 is 5.32 Å². The normalized spacial score (nSPS) is 17.2. The van der Waals surface area contributed by atoms with Gasteiger partial charge in [-0.05, 0) is 18.8 Å². The highest BCUT2D eigenvalue weighted by Crippen LogP contribution is 2.15. The van der Waals surface area contributed by atoms with E-state index < -0.39 is 0 Å². The van der Waals surface area contributed by atoms with Crippen molar-refractivity contribution in [3.8, 4) is 0 Å². The molecule has 0 aliphatic carbocycles. The SMILES string of the molecule is CN=C(NCc1cnn(C)c1)N1CCC(C)CC1.I. The number of halogens is 1. The maximum absolute atomic E-state index is 4.36. The molecule has 19 heavy (non-hydrogen) atoms. The predicted molar refractivity (Wildman–Crippen MR) is 88.8 cm³/mol. The van der Waals surface area contributed by atoms with Gasteiger partial charge < -0.3 is 10.2 Å². The van der Waals surface area contributed by atoms with Crippen molar-refractivity contribution < 1.29 is 0 Å². The van der Waals surface area contributed by atoms with Crippen molar-refractivity contribution in [2.75, 3.05) is 20.1 Å². The molecule has 1 aliphatic rings. The third-order valence-corrected chi connectivity index (χ3v) is 3.50. The fourth-order valence-corrected chi connectivity index (χ4v) is 2.30. The van der Waals surface area contributed by atoms with Crippen LogP contribution in [0.15, 0.2) is 17.4 Å². The standard InChI is InChI=1S/C13H23N5.HI/c1-11-4-6-18(7-5-11)13(14-2)15-8-12-9-16-17(3)10-12;/h9-11H,4-8H2,1-3H3,(H,14,15);1H. The van der Waals surface area contributed by atoms with Crippen molar-refractivity contribution in [3.63, 3.8) is 0 Å². The van der Waals surface area contributed by atoms with Gasteiger partial charge in [0.25, 0.3) is 0 Å². The Balaban J connectivity index is 0.00000180. The molecule has 1 aliphatic heterocycles. The Kier molecular flexibility index (Phi) is 6.60. The first-order valence-corrected chi connectivity index (χ1v) is 6.62. The Morgan fingerprint density at radius 2 is 2.16 bits per heavy atom. The molecule has 1 saturated heterocycles. The molecule has 0 unspecified atom stereocenters. The van der Waals surface area contributed by atoms with Gasteiger partial charge in [0.15, 0.2) is 5.96 Å². The van der Waals surface area contributed by atoms with Crippen LogP contribution in [-0.4, -0.2) is 40.8 Å². The van der Waals surface area contributed by atoms with Gasteiger partial charge in [0.1, 0.15) is 0 Å². The molecule has 0 radical (unpaired) electrons. The molecule has 1 aromatic rings. The largest absolute Gasteiger partial charge is 0.352 e. The van der Waals surface area contributed by atoms with Crippen molar-refractivity contribution in [2.45, 2.75) is 26.3 Å². The van der Waals surface area contributed by atoms with E-state index in [1.807, 2.05) is 31.2 Å². The van der Waals surface area contributed by atoms with E-state index in [1.165, 1.54) is 18.4 Å². The van der Waals surface area contributed by atoms with E-state index in [9.17, 15) is 0 Å². The number of aromatic nitrogens is 2. The number of nitrogens with one attached hydrogen (secondary N) is 1. The van der Waals surface area contributed by atoms with E-state index in [-0.39, 0.29) is 24.0 Å². The number of hydrogen-bond acceptors (Lipinski definition) is 2. The number of nitrogens with zero attached hydrogens (tertiary/aromatic N) is 4. The molecule has 0 saturated carbocycles. The second-order valence-electron chi connectivity index (χ2n) is 5.09. The monoisotopic (exact) mass is 377 g/mol. The molecule has 1 N–H and O–H groups in total. The molecule has 6 heteroatoms. The minimum Gasteiger partial charge on any atom is -0.352 e. The number of rotatable bonds is 2. The van der Waals surface area contributed by atoms with Crippen LogP contribution in [0.3, 0.4) is 0 Å². The Bertz CT molecular complexity index is 407. The summed E-state index contributed by atoms with van der Waals surface area (Å²) in [6.45, 7) is 5.32. The van der Waals surface area contributed by atoms with Crippen molar-refractivity contribution in [1.82, 2.24) is 20.0 Å². The highest BCUT2D eigenvalue weighted by Gasteiger charge is 2.18. The first-order valence-electron chi connectivity index (χ1n) is 6.62. The van der Waals surface area contributed by atoms with Crippen molar-refractivity contribution in [2.24, 2.45) is 18.0 Å². The Morgan fingerprint density at radius 1 is 1.47 bits per heavy atom. The zero-order valence-electron chi connectivity index (χ0n) is 12.0. The third kappa shape index (κ3) is 4.67. The van der Waals surface area contributed by atoms with Gasteiger partial charge in [-0.1, -0.05) is 6.92 Å². The lowest BCUT2D eigenvalue weighted by molar-refractivity contribution is 0.273. The topological polar surface area (TPSA) is 45.5 Å². The van der Waals surface area contributed by atoms with Crippen molar-refractivity contribution in [3.05, 3.63) is 18.0 Å². The van der Waals surface area contributed by atoms with Crippen LogP contribution in [0.2, 0.25) is 0 Å². The maximum atomic E-state index is 4.36. The second-order valence-corrected chi connectivity index (χ2v) is 5.09. The number of piperidine rings is 1. The van der Waals surface area contributed by atoms with Crippen molar-refractivity contribution >= 4 is 29.9 Å². The Labute approximate surface area is 132 Å². The van der Waals surface area contributed by atoms with Crippen LogP contribution in [0, 0.1) is 5.92 Å². The molecular formula is C13H24IN5. The quantitative estimate of drug-likeness (QED) is 0.486. The summed E-state index contributed by atoms with van der Waals surface area (Å²) in [4.78, 5) is 6.71. The summed E-state index contributed by atoms with van der Waals surface area (Å²) in [5.41, 5.74) is 1.18. The zero-order valence-corrected chi connectivity index (χ0v) is 14.3. The predicted octanol–water partition coefficient (Wildman–Crippen LogP) is 1.85. The summed E-state index contributed by atoms with van der Waals surface area (Å²) in [6, 6.07) is 0. The van der Waals surface area contributed by atoms with Crippen LogP contribution in [0.5, 0.6) is 0 Å². The summed E-state index contributed by atoms with van der Waals surface area (Å²) >= 11 is 0. The van der Waals surface area contributed by atoms with Gasteiger partial charge >= 0.3 is 0 Å². The Morgan fingerprint density at radius 3 is 2.68 bits per heavy atom. The number of aliphatic imine (C=N–C) groups is 1. The zero-order chi connectivity index (χ0) is 13.0. The summed E-state index contributed by atoms with van der Waals surface area (Å²) in [6.07, 6.45) is 6.43. The van der Waals surface area contributed by atoms with Gasteiger partial charge in [0.2, 0.25) is 0 Å². The lowest BCUT2D eigenvalue weighted by Crippen LogP contribution is -2.45. The lowest BCUT2D eigenvalue weighted by Gasteiger charge is -2.32. The average molecular weight is 377 g/mol. The first kappa shape index (κ1) is 16.3. The van der Waals surface area contributed by atoms with Gasteiger partial charge in [0.05, 0.1) is 6.20 Å². The van der Waals surface area contributed by atoms with E-state index >= 15 is 0 Å². The molecule has 1 aromatic heterocycles. The van der Waals surface area contributed by atoms with Crippen LogP contribution in [0.1, 0.15) is 25.3 Å². The molecule has 2 heterocycles. The maximum Gasteiger partial charge on any atom is 0.193 e. The van der Waals surface area contributed by atoms with Gasteiger partial charge in [-0.2, -0.15) is 5.10 Å². The number of aryl methyl sites for hydroxylation is 1. The van der Waals surface area contributed by atoms with E-state index in [4.69, 9.17) is 0 Å². The van der Waals surface area contributed by atoms with E-state index in [1.54, 1.807) is 0 Å². The molecule has 108 valence electrons. The minimum absolute atomic E-state index is 0. The smallest absolute Gasteiger partial charge is 0.193 e. The van der Waals surface area contributed by atoms with E-state index in [2.05, 4.69) is 27.2 Å². The van der Waals surface area contributed by atoms with Crippen LogP contribution in [0.4, 0.5) is 0 Å². The molecule has 0 aromatic carbocycles. The fourth-order valence-electron chi connectivity index (χ4n) is 2.30. The number of hydrogen-bond donors (Lipinski definition) is 1.